The Hall–Kier alpha value is -0.890. The van der Waals surface area contributed by atoms with Crippen LogP contribution in [-0.2, 0) is 4.79 Å². The average molecular weight is 412 g/mol. The van der Waals surface area contributed by atoms with Gasteiger partial charge in [0.2, 0.25) is 0 Å². The SMILES string of the molecule is CC.CC.CC/C=C\C(=C/CC)C(=O)CN(CC)CCC.CCCC(C)(C)CC. The number of nitrogens with zero attached hydrogens (tertiary/aromatic N) is 1. The largest absolute Gasteiger partial charge is 0.296 e. The molecule has 2 heteroatoms. The Balaban J connectivity index is -0.000000218. The average Bonchev–Trinajstić information content (AvgIpc) is 2.74. The topological polar surface area (TPSA) is 20.3 Å². The lowest BCUT2D eigenvalue weighted by molar-refractivity contribution is -0.116. The molecule has 0 aromatic carbocycles. The van der Waals surface area contributed by atoms with Gasteiger partial charge < -0.3 is 0 Å². The predicted octanol–water partition coefficient (Wildman–Crippen LogP) is 8.87. The molecule has 29 heavy (non-hydrogen) atoms. The minimum Gasteiger partial charge on any atom is -0.296 e. The van der Waals surface area contributed by atoms with E-state index in [0.717, 1.165) is 37.9 Å². The van der Waals surface area contributed by atoms with Crippen molar-refractivity contribution in [3.05, 3.63) is 23.8 Å². The second-order valence-electron chi connectivity index (χ2n) is 7.44. The molecule has 0 aromatic heterocycles. The number of allylic oxidation sites excluding steroid dienone is 3. The number of rotatable bonds is 12. The third-order valence-corrected chi connectivity index (χ3v) is 4.52. The van der Waals surface area contributed by atoms with Crippen LogP contribution >= 0.6 is 0 Å². The summed E-state index contributed by atoms with van der Waals surface area (Å²) in [6.45, 7) is 28.1. The summed E-state index contributed by atoms with van der Waals surface area (Å²) in [6.07, 6.45) is 13.0. The third-order valence-electron chi connectivity index (χ3n) is 4.52. The van der Waals surface area contributed by atoms with Gasteiger partial charge in [-0.1, -0.05) is 114 Å². The summed E-state index contributed by atoms with van der Waals surface area (Å²) in [7, 11) is 0. The fraction of sp³-hybridized carbons (Fsp3) is 0.815. The van der Waals surface area contributed by atoms with Gasteiger partial charge in [-0.2, -0.15) is 0 Å². The zero-order chi connectivity index (χ0) is 23.7. The summed E-state index contributed by atoms with van der Waals surface area (Å²) < 4.78 is 0. The minimum absolute atomic E-state index is 0.242. The van der Waals surface area contributed by atoms with Gasteiger partial charge in [-0.05, 0) is 44.2 Å². The maximum Gasteiger partial charge on any atom is 0.176 e. The predicted molar refractivity (Wildman–Crippen MR) is 137 cm³/mol. The maximum absolute atomic E-state index is 12.1. The molecule has 0 aliphatic heterocycles. The first-order valence-corrected chi connectivity index (χ1v) is 12.4. The molecule has 0 radical (unpaired) electrons. The zero-order valence-electron chi connectivity index (χ0n) is 22.5. The highest BCUT2D eigenvalue weighted by Gasteiger charge is 2.12. The van der Waals surface area contributed by atoms with Crippen molar-refractivity contribution in [2.75, 3.05) is 19.6 Å². The molecule has 0 fully saturated rings. The second-order valence-corrected chi connectivity index (χ2v) is 7.44. The molecular formula is C27H57NO. The Kier molecular flexibility index (Phi) is 33.2. The highest BCUT2D eigenvalue weighted by molar-refractivity contribution is 5.99. The maximum atomic E-state index is 12.1. The number of ketones is 1. The van der Waals surface area contributed by atoms with Crippen LogP contribution in [0.2, 0.25) is 0 Å². The molecule has 176 valence electrons. The summed E-state index contributed by atoms with van der Waals surface area (Å²) >= 11 is 0. The summed E-state index contributed by atoms with van der Waals surface area (Å²) in [4.78, 5) is 14.3. The lowest BCUT2D eigenvalue weighted by Crippen LogP contribution is -2.30. The van der Waals surface area contributed by atoms with Crippen LogP contribution in [0.4, 0.5) is 0 Å². The molecule has 0 aromatic rings. The van der Waals surface area contributed by atoms with Gasteiger partial charge in [0.1, 0.15) is 0 Å². The van der Waals surface area contributed by atoms with Crippen molar-refractivity contribution in [2.24, 2.45) is 5.41 Å². The van der Waals surface area contributed by atoms with Gasteiger partial charge in [-0.3, -0.25) is 9.69 Å². The van der Waals surface area contributed by atoms with E-state index in [-0.39, 0.29) is 5.78 Å². The van der Waals surface area contributed by atoms with E-state index in [0.29, 0.717) is 12.0 Å². The molecule has 0 aliphatic rings. The highest BCUT2D eigenvalue weighted by atomic mass is 16.1. The Labute approximate surface area is 186 Å². The summed E-state index contributed by atoms with van der Waals surface area (Å²) in [5.74, 6) is 0.242. The van der Waals surface area contributed by atoms with Crippen molar-refractivity contribution in [1.29, 1.82) is 0 Å². The van der Waals surface area contributed by atoms with Crippen LogP contribution in [-0.4, -0.2) is 30.3 Å². The van der Waals surface area contributed by atoms with Crippen LogP contribution in [0, 0.1) is 5.41 Å². The first-order chi connectivity index (χ1) is 13.8. The van der Waals surface area contributed by atoms with Crippen LogP contribution in [0.15, 0.2) is 23.8 Å². The number of Topliss-reactive ketones (excluding diaryl/α,β-unsaturated/α-hetero) is 1. The molecule has 0 bridgehead atoms. The van der Waals surface area contributed by atoms with Crippen molar-refractivity contribution in [1.82, 2.24) is 4.90 Å². The minimum atomic E-state index is 0.242. The van der Waals surface area contributed by atoms with Crippen LogP contribution < -0.4 is 0 Å². The third kappa shape index (κ3) is 25.1. The first-order valence-electron chi connectivity index (χ1n) is 12.4. The van der Waals surface area contributed by atoms with Crippen LogP contribution in [0.5, 0.6) is 0 Å². The van der Waals surface area contributed by atoms with Gasteiger partial charge in [0.05, 0.1) is 6.54 Å². The lowest BCUT2D eigenvalue weighted by Gasteiger charge is -2.20. The molecule has 2 nitrogen and oxygen atoms in total. The van der Waals surface area contributed by atoms with E-state index >= 15 is 0 Å². The lowest BCUT2D eigenvalue weighted by atomic mass is 9.86. The Morgan fingerprint density at radius 3 is 1.72 bits per heavy atom. The summed E-state index contributed by atoms with van der Waals surface area (Å²) in [6, 6.07) is 0. The second kappa shape index (κ2) is 27.1. The van der Waals surface area contributed by atoms with E-state index in [1.54, 1.807) is 0 Å². The van der Waals surface area contributed by atoms with Gasteiger partial charge in [0.15, 0.2) is 5.78 Å². The summed E-state index contributed by atoms with van der Waals surface area (Å²) in [5.41, 5.74) is 1.46. The molecule has 0 rings (SSSR count). The number of carbonyl (C=O) groups is 1. The number of carbonyl (C=O) groups excluding carboxylic acids is 1. The Morgan fingerprint density at radius 1 is 0.862 bits per heavy atom. The van der Waals surface area contributed by atoms with E-state index in [1.807, 2.05) is 39.8 Å². The molecule has 0 heterocycles. The van der Waals surface area contributed by atoms with Crippen LogP contribution in [0.25, 0.3) is 0 Å². The van der Waals surface area contributed by atoms with Crippen molar-refractivity contribution in [2.45, 2.75) is 122 Å². The monoisotopic (exact) mass is 411 g/mol. The van der Waals surface area contributed by atoms with E-state index in [2.05, 4.69) is 66.4 Å². The van der Waals surface area contributed by atoms with E-state index in [9.17, 15) is 4.79 Å². The molecule has 0 atom stereocenters. The molecule has 0 saturated carbocycles. The molecule has 0 N–H and O–H groups in total. The van der Waals surface area contributed by atoms with Gasteiger partial charge in [-0.15, -0.1) is 0 Å². The number of hydrogen-bond acceptors (Lipinski definition) is 2. The molecular weight excluding hydrogens is 354 g/mol. The van der Waals surface area contributed by atoms with Crippen molar-refractivity contribution < 1.29 is 4.79 Å². The molecule has 0 saturated heterocycles. The standard InChI is InChI=1S/C15H27NO.C8H18.2C2H6/c1-5-9-11-14(10-6-2)15(17)13-16(8-4)12-7-3;1-5-7-8(3,4)6-2;2*1-2/h9-11H,5-8,12-13H2,1-4H3;5-7H2,1-4H3;2*1-2H3/b11-9-,14-10+;;;. The van der Waals surface area contributed by atoms with Gasteiger partial charge in [0, 0.05) is 5.57 Å². The van der Waals surface area contributed by atoms with Gasteiger partial charge in [-0.25, -0.2) is 0 Å². The van der Waals surface area contributed by atoms with E-state index in [4.69, 9.17) is 0 Å². The fourth-order valence-corrected chi connectivity index (χ4v) is 2.55. The molecule has 0 aliphatic carbocycles. The number of hydrogen-bond donors (Lipinski definition) is 0. The van der Waals surface area contributed by atoms with Gasteiger partial charge in [0.25, 0.3) is 0 Å². The quantitative estimate of drug-likeness (QED) is 0.236. The van der Waals surface area contributed by atoms with Crippen molar-refractivity contribution >= 4 is 5.78 Å². The highest BCUT2D eigenvalue weighted by Crippen LogP contribution is 2.25. The Bertz CT molecular complexity index is 380. The Morgan fingerprint density at radius 2 is 1.41 bits per heavy atom. The molecule has 0 unspecified atom stereocenters. The fourth-order valence-electron chi connectivity index (χ4n) is 2.55. The van der Waals surface area contributed by atoms with Crippen LogP contribution in [0.1, 0.15) is 122 Å². The zero-order valence-corrected chi connectivity index (χ0v) is 22.5. The number of likely N-dealkylation sites (N-methyl/N-ethyl adjacent to an activating group) is 1. The normalized spacial score (nSPS) is 11.1. The molecule has 0 amide bonds. The van der Waals surface area contributed by atoms with Crippen molar-refractivity contribution in [3.8, 4) is 0 Å². The van der Waals surface area contributed by atoms with Gasteiger partial charge >= 0.3 is 0 Å². The summed E-state index contributed by atoms with van der Waals surface area (Å²) in [5, 5.41) is 0. The first kappa shape index (κ1) is 35.5. The van der Waals surface area contributed by atoms with Crippen molar-refractivity contribution in [3.63, 3.8) is 0 Å². The molecule has 0 spiro atoms. The smallest absolute Gasteiger partial charge is 0.176 e. The van der Waals surface area contributed by atoms with E-state index in [1.165, 1.54) is 19.3 Å². The van der Waals surface area contributed by atoms with Crippen LogP contribution in [0.3, 0.4) is 0 Å². The van der Waals surface area contributed by atoms with E-state index < -0.39 is 0 Å².